The van der Waals surface area contributed by atoms with Gasteiger partial charge in [-0.15, -0.1) is 0 Å². The summed E-state index contributed by atoms with van der Waals surface area (Å²) in [4.78, 5) is 11.2. The average Bonchev–Trinajstić information content (AvgIpc) is 2.53. The highest BCUT2D eigenvalue weighted by molar-refractivity contribution is 5.73. The Balaban J connectivity index is 2.07. The summed E-state index contributed by atoms with van der Waals surface area (Å²) in [5.74, 6) is 0.644. The zero-order valence-electron chi connectivity index (χ0n) is 12.7. The molecule has 23 heavy (non-hydrogen) atoms. The van der Waals surface area contributed by atoms with E-state index < -0.39 is 11.7 Å². The van der Waals surface area contributed by atoms with Gasteiger partial charge in [-0.1, -0.05) is 30.3 Å². The number of nitriles is 1. The number of carbonyl (C=O) groups excluding carboxylic acids is 1. The summed E-state index contributed by atoms with van der Waals surface area (Å²) >= 11 is 0. The highest BCUT2D eigenvalue weighted by Gasteiger charge is 2.36. The molecule has 0 radical (unpaired) electrons. The molecule has 0 saturated heterocycles. The third kappa shape index (κ3) is 2.71. The first-order valence-electron chi connectivity index (χ1n) is 7.29. The molecule has 1 aliphatic heterocycles. The molecular weight excluding hydrogens is 292 g/mol. The van der Waals surface area contributed by atoms with Gasteiger partial charge in [0.2, 0.25) is 0 Å². The van der Waals surface area contributed by atoms with E-state index in [0.29, 0.717) is 24.3 Å². The lowest BCUT2D eigenvalue weighted by Crippen LogP contribution is -2.36. The highest BCUT2D eigenvalue weighted by Crippen LogP contribution is 2.41. The van der Waals surface area contributed by atoms with E-state index in [1.54, 1.807) is 6.07 Å². The van der Waals surface area contributed by atoms with Gasteiger partial charge in [0.1, 0.15) is 11.4 Å². The van der Waals surface area contributed by atoms with Crippen LogP contribution in [0.5, 0.6) is 5.75 Å². The van der Waals surface area contributed by atoms with Gasteiger partial charge < -0.3 is 15.2 Å². The summed E-state index contributed by atoms with van der Waals surface area (Å²) in [5, 5.41) is 9.25. The maximum atomic E-state index is 11.2. The minimum atomic E-state index is -0.806. The molecule has 0 aliphatic carbocycles. The number of primary amides is 1. The van der Waals surface area contributed by atoms with Crippen molar-refractivity contribution in [3.05, 3.63) is 53.6 Å². The van der Waals surface area contributed by atoms with E-state index in [2.05, 4.69) is 6.07 Å². The molecule has 5 heteroatoms. The van der Waals surface area contributed by atoms with Crippen LogP contribution >= 0.6 is 0 Å². The molecule has 0 spiro atoms. The number of hydrogen-bond acceptors (Lipinski definition) is 4. The van der Waals surface area contributed by atoms with Crippen LogP contribution in [0.25, 0.3) is 11.1 Å². The highest BCUT2D eigenvalue weighted by atomic mass is 16.6. The molecule has 0 fully saturated rings. The van der Waals surface area contributed by atoms with Gasteiger partial charge in [-0.2, -0.15) is 5.26 Å². The first kappa shape index (κ1) is 14.9. The first-order chi connectivity index (χ1) is 11.0. The molecule has 5 nitrogen and oxygen atoms in total. The molecule has 2 N–H and O–H groups in total. The summed E-state index contributed by atoms with van der Waals surface area (Å²) in [7, 11) is 0. The van der Waals surface area contributed by atoms with Crippen LogP contribution in [0.1, 0.15) is 24.5 Å². The lowest BCUT2D eigenvalue weighted by Gasteiger charge is -2.34. The normalized spacial score (nSPS) is 19.1. The largest absolute Gasteiger partial charge is 0.493 e. The van der Waals surface area contributed by atoms with Crippen molar-refractivity contribution < 1.29 is 14.3 Å². The molecule has 1 heterocycles. The number of nitrogens with zero attached hydrogens (tertiary/aromatic N) is 1. The molecule has 2 aromatic rings. The van der Waals surface area contributed by atoms with Crippen molar-refractivity contribution in [2.75, 3.05) is 6.61 Å². The second-order valence-corrected chi connectivity index (χ2v) is 5.62. The van der Waals surface area contributed by atoms with Gasteiger partial charge in [-0.3, -0.25) is 0 Å². The Hall–Kier alpha value is -3.00. The van der Waals surface area contributed by atoms with E-state index >= 15 is 0 Å². The molecule has 0 aromatic heterocycles. The molecule has 1 aliphatic rings. The van der Waals surface area contributed by atoms with Crippen molar-refractivity contribution in [2.24, 2.45) is 5.73 Å². The van der Waals surface area contributed by atoms with Crippen LogP contribution in [-0.4, -0.2) is 12.7 Å². The van der Waals surface area contributed by atoms with Crippen molar-refractivity contribution >= 4 is 6.09 Å². The van der Waals surface area contributed by atoms with Gasteiger partial charge in [-0.25, -0.2) is 4.79 Å². The number of amides is 1. The second-order valence-electron chi connectivity index (χ2n) is 5.62. The van der Waals surface area contributed by atoms with Gasteiger partial charge in [0.15, 0.2) is 0 Å². The number of fused-ring (bicyclic) bond motifs is 1. The van der Waals surface area contributed by atoms with E-state index in [4.69, 9.17) is 15.2 Å². The Labute approximate surface area is 134 Å². The van der Waals surface area contributed by atoms with Gasteiger partial charge in [-0.05, 0) is 30.2 Å². The number of ether oxygens (including phenoxy) is 2. The standard InChI is InChI=1S/C18H16N2O3/c1-18(23-17(20)21)8-9-22-16-10-12(6-7-15(16)18)14-5-3-2-4-13(14)11-19/h2-7,10H,8-9H2,1H3,(H2,20,21). The SMILES string of the molecule is CC1(OC(N)=O)CCOc2cc(-c3ccccc3C#N)ccc21. The molecule has 0 saturated carbocycles. The average molecular weight is 308 g/mol. The van der Waals surface area contributed by atoms with Crippen LogP contribution < -0.4 is 10.5 Å². The zero-order chi connectivity index (χ0) is 16.4. The summed E-state index contributed by atoms with van der Waals surface area (Å²) in [5.41, 5.74) is 7.48. The van der Waals surface area contributed by atoms with Crippen molar-refractivity contribution in [3.8, 4) is 22.9 Å². The summed E-state index contributed by atoms with van der Waals surface area (Å²) < 4.78 is 11.0. The van der Waals surface area contributed by atoms with Gasteiger partial charge in [0.05, 0.1) is 18.2 Å². The fourth-order valence-corrected chi connectivity index (χ4v) is 2.90. The van der Waals surface area contributed by atoms with Crippen LogP contribution in [-0.2, 0) is 10.3 Å². The molecule has 2 aromatic carbocycles. The van der Waals surface area contributed by atoms with Crippen molar-refractivity contribution in [2.45, 2.75) is 18.9 Å². The van der Waals surface area contributed by atoms with Crippen LogP contribution in [0.15, 0.2) is 42.5 Å². The van der Waals surface area contributed by atoms with E-state index in [1.165, 1.54) is 0 Å². The second kappa shape index (κ2) is 5.65. The number of hydrogen-bond donors (Lipinski definition) is 1. The first-order valence-corrected chi connectivity index (χ1v) is 7.29. The topological polar surface area (TPSA) is 85.3 Å². The van der Waals surface area contributed by atoms with Crippen molar-refractivity contribution in [1.29, 1.82) is 5.26 Å². The predicted octanol–water partition coefficient (Wildman–Crippen LogP) is 3.32. The molecule has 1 unspecified atom stereocenters. The van der Waals surface area contributed by atoms with Crippen LogP contribution in [0.4, 0.5) is 4.79 Å². The molecule has 116 valence electrons. The summed E-state index contributed by atoms with van der Waals surface area (Å²) in [6.07, 6.45) is -0.267. The Kier molecular flexibility index (Phi) is 3.67. The lowest BCUT2D eigenvalue weighted by atomic mass is 9.88. The van der Waals surface area contributed by atoms with E-state index in [-0.39, 0.29) is 0 Å². The smallest absolute Gasteiger partial charge is 0.405 e. The number of rotatable bonds is 2. The minimum Gasteiger partial charge on any atom is -0.493 e. The third-order valence-corrected chi connectivity index (χ3v) is 4.07. The number of carbonyl (C=O) groups is 1. The molecule has 0 bridgehead atoms. The lowest BCUT2D eigenvalue weighted by molar-refractivity contribution is -0.00280. The van der Waals surface area contributed by atoms with Crippen LogP contribution in [0.2, 0.25) is 0 Å². The Morgan fingerprint density at radius 1 is 1.35 bits per heavy atom. The Morgan fingerprint density at radius 2 is 2.13 bits per heavy atom. The number of benzene rings is 2. The fourth-order valence-electron chi connectivity index (χ4n) is 2.90. The van der Waals surface area contributed by atoms with E-state index in [0.717, 1.165) is 16.7 Å². The van der Waals surface area contributed by atoms with E-state index in [9.17, 15) is 10.1 Å². The van der Waals surface area contributed by atoms with E-state index in [1.807, 2.05) is 43.3 Å². The Morgan fingerprint density at radius 3 is 2.87 bits per heavy atom. The molecule has 1 atom stereocenters. The Bertz CT molecular complexity index is 810. The maximum Gasteiger partial charge on any atom is 0.405 e. The number of nitrogens with two attached hydrogens (primary N) is 1. The van der Waals surface area contributed by atoms with Crippen molar-refractivity contribution in [1.82, 2.24) is 0 Å². The quantitative estimate of drug-likeness (QED) is 0.922. The van der Waals surface area contributed by atoms with Crippen molar-refractivity contribution in [3.63, 3.8) is 0 Å². The molecule has 3 rings (SSSR count). The summed E-state index contributed by atoms with van der Waals surface area (Å²) in [6, 6.07) is 15.2. The zero-order valence-corrected chi connectivity index (χ0v) is 12.7. The van der Waals surface area contributed by atoms with Gasteiger partial charge in [0.25, 0.3) is 0 Å². The maximum absolute atomic E-state index is 11.2. The predicted molar refractivity (Wildman–Crippen MR) is 84.7 cm³/mol. The van der Waals surface area contributed by atoms with Gasteiger partial charge >= 0.3 is 6.09 Å². The monoisotopic (exact) mass is 308 g/mol. The van der Waals surface area contributed by atoms with Crippen LogP contribution in [0.3, 0.4) is 0 Å². The summed E-state index contributed by atoms with van der Waals surface area (Å²) in [6.45, 7) is 2.25. The minimum absolute atomic E-state index is 0.431. The third-order valence-electron chi connectivity index (χ3n) is 4.07. The van der Waals surface area contributed by atoms with Crippen LogP contribution in [0, 0.1) is 11.3 Å². The fraction of sp³-hybridized carbons (Fsp3) is 0.222. The van der Waals surface area contributed by atoms with Gasteiger partial charge in [0, 0.05) is 12.0 Å². The molecule has 1 amide bonds. The molecular formula is C18H16N2O3.